The van der Waals surface area contributed by atoms with Crippen LogP contribution in [-0.4, -0.2) is 49.1 Å². The van der Waals surface area contributed by atoms with Gasteiger partial charge in [-0.05, 0) is 25.0 Å². The molecule has 2 aromatic heterocycles. The van der Waals surface area contributed by atoms with E-state index in [4.69, 9.17) is 5.11 Å². The topological polar surface area (TPSA) is 87.8 Å². The van der Waals surface area contributed by atoms with Crippen LogP contribution in [0.25, 0.3) is 5.65 Å². The molecule has 1 saturated heterocycles. The van der Waals surface area contributed by atoms with Gasteiger partial charge in [-0.3, -0.25) is 9.20 Å². The number of hydrogen-bond acceptors (Lipinski definition) is 4. The lowest BCUT2D eigenvalue weighted by atomic mass is 10.2. The van der Waals surface area contributed by atoms with Gasteiger partial charge in [0.2, 0.25) is 0 Å². The summed E-state index contributed by atoms with van der Waals surface area (Å²) < 4.78 is 1.64. The van der Waals surface area contributed by atoms with Crippen molar-refractivity contribution in [1.82, 2.24) is 19.5 Å². The van der Waals surface area contributed by atoms with Gasteiger partial charge in [-0.2, -0.15) is 0 Å². The quantitative estimate of drug-likeness (QED) is 0.845. The van der Waals surface area contributed by atoms with Crippen LogP contribution in [-0.2, 0) is 4.79 Å². The third-order valence-corrected chi connectivity index (χ3v) is 3.34. The molecule has 0 radical (unpaired) electrons. The number of carboxylic acid groups (broad SMARTS) is 1. The molecule has 7 heteroatoms. The van der Waals surface area contributed by atoms with Gasteiger partial charge in [0.25, 0.3) is 5.91 Å². The molecule has 2 aromatic rings. The minimum absolute atomic E-state index is 0.263. The molecule has 1 unspecified atom stereocenters. The normalized spacial score (nSPS) is 18.9. The number of carboxylic acids is 1. The van der Waals surface area contributed by atoms with Gasteiger partial charge >= 0.3 is 5.97 Å². The van der Waals surface area contributed by atoms with Gasteiger partial charge in [0.05, 0.1) is 5.56 Å². The molecule has 0 aromatic carbocycles. The molecule has 3 rings (SSSR count). The number of hydrogen-bond donors (Lipinski definition) is 1. The first kappa shape index (κ1) is 11.6. The Kier molecular flexibility index (Phi) is 2.66. The minimum atomic E-state index is -0.948. The minimum Gasteiger partial charge on any atom is -0.480 e. The van der Waals surface area contributed by atoms with Gasteiger partial charge in [-0.15, -0.1) is 10.2 Å². The zero-order valence-electron chi connectivity index (χ0n) is 10.1. The fraction of sp³-hybridized carbons (Fsp3) is 0.333. The predicted octanol–water partition coefficient (Wildman–Crippen LogP) is 0.418. The van der Waals surface area contributed by atoms with Gasteiger partial charge in [0.15, 0.2) is 5.65 Å². The van der Waals surface area contributed by atoms with Crippen molar-refractivity contribution in [3.8, 4) is 0 Å². The molecule has 3 heterocycles. The van der Waals surface area contributed by atoms with Crippen LogP contribution in [0.5, 0.6) is 0 Å². The summed E-state index contributed by atoms with van der Waals surface area (Å²) in [4.78, 5) is 24.8. The molecule has 1 aliphatic heterocycles. The number of nitrogens with zero attached hydrogens (tertiary/aromatic N) is 4. The van der Waals surface area contributed by atoms with Crippen molar-refractivity contribution in [2.75, 3.05) is 6.54 Å². The van der Waals surface area contributed by atoms with E-state index < -0.39 is 12.0 Å². The van der Waals surface area contributed by atoms with Gasteiger partial charge < -0.3 is 10.0 Å². The second-order valence-electron chi connectivity index (χ2n) is 4.51. The fourth-order valence-electron chi connectivity index (χ4n) is 2.39. The number of pyridine rings is 1. The SMILES string of the molecule is O=C(O)C1CCCN1C(=O)c1ccc2nncn2c1. The second kappa shape index (κ2) is 4.34. The van der Waals surface area contributed by atoms with Crippen molar-refractivity contribution in [2.45, 2.75) is 18.9 Å². The summed E-state index contributed by atoms with van der Waals surface area (Å²) in [6.07, 6.45) is 4.35. The first-order valence-electron chi connectivity index (χ1n) is 6.00. The largest absolute Gasteiger partial charge is 0.480 e. The van der Waals surface area contributed by atoms with Crippen LogP contribution >= 0.6 is 0 Å². The van der Waals surface area contributed by atoms with Crippen molar-refractivity contribution in [2.24, 2.45) is 0 Å². The van der Waals surface area contributed by atoms with E-state index in [2.05, 4.69) is 10.2 Å². The maximum atomic E-state index is 12.3. The summed E-state index contributed by atoms with van der Waals surface area (Å²) >= 11 is 0. The zero-order valence-corrected chi connectivity index (χ0v) is 10.1. The van der Waals surface area contributed by atoms with E-state index in [1.165, 1.54) is 11.2 Å². The lowest BCUT2D eigenvalue weighted by molar-refractivity contribution is -0.141. The molecule has 0 aliphatic carbocycles. The highest BCUT2D eigenvalue weighted by atomic mass is 16.4. The summed E-state index contributed by atoms with van der Waals surface area (Å²) in [6.45, 7) is 0.482. The molecule has 1 amide bonds. The van der Waals surface area contributed by atoms with E-state index in [1.807, 2.05) is 0 Å². The highest BCUT2D eigenvalue weighted by Gasteiger charge is 2.34. The Bertz CT molecular complexity index is 651. The Hall–Kier alpha value is -2.44. The Balaban J connectivity index is 1.92. The molecule has 1 fully saturated rings. The standard InChI is InChI=1S/C12H12N4O3/c17-11(16-5-1-2-9(16)12(18)19)8-3-4-10-14-13-7-15(10)6-8/h3-4,6-7,9H,1-2,5H2,(H,18,19). The van der Waals surface area contributed by atoms with Crippen LogP contribution in [0.4, 0.5) is 0 Å². The van der Waals surface area contributed by atoms with Crippen LogP contribution in [0.2, 0.25) is 0 Å². The van der Waals surface area contributed by atoms with E-state index in [1.54, 1.807) is 22.7 Å². The Morgan fingerprint density at radius 1 is 1.37 bits per heavy atom. The lowest BCUT2D eigenvalue weighted by Crippen LogP contribution is -2.40. The predicted molar refractivity (Wildman–Crippen MR) is 64.7 cm³/mol. The molecule has 98 valence electrons. The highest BCUT2D eigenvalue weighted by Crippen LogP contribution is 2.20. The first-order chi connectivity index (χ1) is 9.16. The first-order valence-corrected chi connectivity index (χ1v) is 6.00. The fourth-order valence-corrected chi connectivity index (χ4v) is 2.39. The van der Waals surface area contributed by atoms with Gasteiger partial charge in [-0.25, -0.2) is 4.79 Å². The summed E-state index contributed by atoms with van der Waals surface area (Å²) in [5.74, 6) is -1.21. The molecule has 1 atom stereocenters. The third kappa shape index (κ3) is 1.92. The van der Waals surface area contributed by atoms with Crippen LogP contribution < -0.4 is 0 Å². The summed E-state index contributed by atoms with van der Waals surface area (Å²) in [5.41, 5.74) is 1.09. The average Bonchev–Trinajstić information content (AvgIpc) is 3.05. The Labute approximate surface area is 108 Å². The number of likely N-dealkylation sites (tertiary alicyclic amines) is 1. The summed E-state index contributed by atoms with van der Waals surface area (Å²) in [7, 11) is 0. The maximum absolute atomic E-state index is 12.3. The number of amides is 1. The third-order valence-electron chi connectivity index (χ3n) is 3.34. The van der Waals surface area contributed by atoms with E-state index in [0.29, 0.717) is 24.2 Å². The molecule has 7 nitrogen and oxygen atoms in total. The number of aliphatic carboxylic acids is 1. The highest BCUT2D eigenvalue weighted by molar-refractivity contribution is 5.96. The molecule has 0 bridgehead atoms. The van der Waals surface area contributed by atoms with E-state index >= 15 is 0 Å². The van der Waals surface area contributed by atoms with Crippen LogP contribution in [0.15, 0.2) is 24.7 Å². The Morgan fingerprint density at radius 3 is 3.00 bits per heavy atom. The van der Waals surface area contributed by atoms with Crippen molar-refractivity contribution in [1.29, 1.82) is 0 Å². The number of rotatable bonds is 2. The van der Waals surface area contributed by atoms with Crippen molar-refractivity contribution in [3.63, 3.8) is 0 Å². The molecule has 1 aliphatic rings. The molecular formula is C12H12N4O3. The van der Waals surface area contributed by atoms with Crippen LogP contribution in [0.3, 0.4) is 0 Å². The van der Waals surface area contributed by atoms with Crippen molar-refractivity contribution in [3.05, 3.63) is 30.2 Å². The molecular weight excluding hydrogens is 248 g/mol. The van der Waals surface area contributed by atoms with Gasteiger partial charge in [-0.1, -0.05) is 0 Å². The van der Waals surface area contributed by atoms with Crippen molar-refractivity contribution < 1.29 is 14.7 Å². The van der Waals surface area contributed by atoms with Gasteiger partial charge in [0.1, 0.15) is 12.4 Å². The van der Waals surface area contributed by atoms with Crippen molar-refractivity contribution >= 4 is 17.5 Å². The molecule has 1 N–H and O–H groups in total. The van der Waals surface area contributed by atoms with E-state index in [9.17, 15) is 9.59 Å². The maximum Gasteiger partial charge on any atom is 0.326 e. The summed E-state index contributed by atoms with van der Waals surface area (Å²) in [6, 6.07) is 2.61. The van der Waals surface area contributed by atoms with Gasteiger partial charge in [0, 0.05) is 12.7 Å². The molecule has 0 spiro atoms. The smallest absolute Gasteiger partial charge is 0.326 e. The molecule has 0 saturated carbocycles. The van der Waals surface area contributed by atoms with E-state index in [-0.39, 0.29) is 5.91 Å². The number of fused-ring (bicyclic) bond motifs is 1. The lowest BCUT2D eigenvalue weighted by Gasteiger charge is -2.21. The van der Waals surface area contributed by atoms with Crippen LogP contribution in [0.1, 0.15) is 23.2 Å². The summed E-state index contributed by atoms with van der Waals surface area (Å²) in [5, 5.41) is 16.7. The monoisotopic (exact) mass is 260 g/mol. The zero-order chi connectivity index (χ0) is 13.4. The number of carbonyl (C=O) groups excluding carboxylic acids is 1. The second-order valence-corrected chi connectivity index (χ2v) is 4.51. The van der Waals surface area contributed by atoms with E-state index in [0.717, 1.165) is 6.42 Å². The molecule has 19 heavy (non-hydrogen) atoms. The van der Waals surface area contributed by atoms with Crippen LogP contribution in [0, 0.1) is 0 Å². The average molecular weight is 260 g/mol. The Morgan fingerprint density at radius 2 is 2.21 bits per heavy atom. The number of aromatic nitrogens is 3. The number of carbonyl (C=O) groups is 2.